The number of hydrogen-bond donors (Lipinski definition) is 1. The summed E-state index contributed by atoms with van der Waals surface area (Å²) in [6, 6.07) is 8.04. The number of ether oxygens (including phenoxy) is 1. The molecule has 0 spiro atoms. The van der Waals surface area contributed by atoms with E-state index in [1.54, 1.807) is 0 Å². The molecule has 0 radical (unpaired) electrons. The van der Waals surface area contributed by atoms with Crippen LogP contribution in [0.2, 0.25) is 0 Å². The van der Waals surface area contributed by atoms with Crippen LogP contribution in [0.25, 0.3) is 0 Å². The second kappa shape index (κ2) is 9.75. The molecule has 1 atom stereocenters. The Kier molecular flexibility index (Phi) is 7.11. The van der Waals surface area contributed by atoms with Crippen LogP contribution in [0.15, 0.2) is 24.3 Å². The average Bonchev–Trinajstić information content (AvgIpc) is 3.16. The number of carbonyl (C=O) groups excluding carboxylic acids is 2. The van der Waals surface area contributed by atoms with Crippen LogP contribution in [0.3, 0.4) is 0 Å². The Balaban J connectivity index is 1.51. The van der Waals surface area contributed by atoms with Crippen molar-refractivity contribution in [2.75, 3.05) is 19.7 Å². The van der Waals surface area contributed by atoms with Gasteiger partial charge in [-0.1, -0.05) is 41.2 Å². The van der Waals surface area contributed by atoms with Crippen LogP contribution >= 0.6 is 11.3 Å². The van der Waals surface area contributed by atoms with Crippen molar-refractivity contribution in [2.24, 2.45) is 5.92 Å². The number of likely N-dealkylation sites (tertiary alicyclic amines) is 1. The summed E-state index contributed by atoms with van der Waals surface area (Å²) in [4.78, 5) is 26.5. The molecule has 7 nitrogen and oxygen atoms in total. The molecule has 0 aliphatic carbocycles. The first kappa shape index (κ1) is 20.4. The molecular weight excluding hydrogens is 376 g/mol. The van der Waals surface area contributed by atoms with Gasteiger partial charge in [0.05, 0.1) is 19.1 Å². The molecule has 2 heterocycles. The van der Waals surface area contributed by atoms with E-state index in [4.69, 9.17) is 4.74 Å². The maximum Gasteiger partial charge on any atom is 0.310 e. The van der Waals surface area contributed by atoms with Crippen molar-refractivity contribution in [3.05, 3.63) is 45.4 Å². The third-order valence-corrected chi connectivity index (χ3v) is 5.63. The number of nitrogens with zero attached hydrogens (tertiary/aromatic N) is 3. The number of nitrogens with one attached hydrogen (secondary N) is 1. The predicted octanol–water partition coefficient (Wildman–Crippen LogP) is 2.55. The van der Waals surface area contributed by atoms with Gasteiger partial charge in [0.25, 0.3) is 5.91 Å². The Morgan fingerprint density at radius 3 is 2.82 bits per heavy atom. The molecule has 1 saturated heterocycles. The minimum atomic E-state index is -0.215. The third kappa shape index (κ3) is 5.59. The largest absolute Gasteiger partial charge is 0.466 e. The van der Waals surface area contributed by atoms with Gasteiger partial charge in [-0.05, 0) is 38.8 Å². The zero-order valence-electron chi connectivity index (χ0n) is 16.3. The molecule has 2 aromatic rings. The minimum Gasteiger partial charge on any atom is -0.466 e. The standard InChI is InChI=1S/C20H26N4O3S/c1-3-27-20(26)16-5-4-10-24(12-16)13-17-22-23-19(28-17)18(25)21-11-15-8-6-14(2)7-9-15/h6-9,16H,3-5,10-13H2,1-2H3,(H,21,25). The number of piperidine rings is 1. The van der Waals surface area contributed by atoms with E-state index in [-0.39, 0.29) is 17.8 Å². The number of esters is 1. The SMILES string of the molecule is CCOC(=O)C1CCCN(Cc2nnc(C(=O)NCc3ccc(C)cc3)s2)C1. The molecule has 1 unspecified atom stereocenters. The van der Waals surface area contributed by atoms with Crippen molar-refractivity contribution in [1.29, 1.82) is 0 Å². The smallest absolute Gasteiger partial charge is 0.310 e. The van der Waals surface area contributed by atoms with Crippen LogP contribution < -0.4 is 5.32 Å². The quantitative estimate of drug-likeness (QED) is 0.717. The number of amides is 1. The lowest BCUT2D eigenvalue weighted by molar-refractivity contribution is -0.150. The fourth-order valence-electron chi connectivity index (χ4n) is 3.22. The number of aromatic nitrogens is 2. The first-order chi connectivity index (χ1) is 13.5. The van der Waals surface area contributed by atoms with Crippen molar-refractivity contribution in [2.45, 2.75) is 39.8 Å². The molecule has 1 amide bonds. The van der Waals surface area contributed by atoms with Crippen LogP contribution in [-0.2, 0) is 22.6 Å². The van der Waals surface area contributed by atoms with E-state index >= 15 is 0 Å². The van der Waals surface area contributed by atoms with Crippen LogP contribution in [-0.4, -0.2) is 46.7 Å². The van der Waals surface area contributed by atoms with Gasteiger partial charge < -0.3 is 10.1 Å². The number of benzene rings is 1. The van der Waals surface area contributed by atoms with E-state index < -0.39 is 0 Å². The lowest BCUT2D eigenvalue weighted by atomic mass is 9.98. The summed E-state index contributed by atoms with van der Waals surface area (Å²) in [6.07, 6.45) is 1.81. The lowest BCUT2D eigenvalue weighted by Crippen LogP contribution is -2.38. The minimum absolute atomic E-state index is 0.0844. The van der Waals surface area contributed by atoms with Gasteiger partial charge in [-0.25, -0.2) is 0 Å². The van der Waals surface area contributed by atoms with Crippen molar-refractivity contribution < 1.29 is 14.3 Å². The summed E-state index contributed by atoms with van der Waals surface area (Å²) in [5, 5.41) is 12.2. The van der Waals surface area contributed by atoms with Gasteiger partial charge in [-0.15, -0.1) is 10.2 Å². The average molecular weight is 403 g/mol. The fraction of sp³-hybridized carbons (Fsp3) is 0.500. The highest BCUT2D eigenvalue weighted by atomic mass is 32.1. The monoisotopic (exact) mass is 402 g/mol. The molecular formula is C20H26N4O3S. The highest BCUT2D eigenvalue weighted by molar-refractivity contribution is 7.13. The first-order valence-electron chi connectivity index (χ1n) is 9.60. The molecule has 0 saturated carbocycles. The number of hydrogen-bond acceptors (Lipinski definition) is 7. The normalized spacial score (nSPS) is 17.3. The van der Waals surface area contributed by atoms with Crippen molar-refractivity contribution in [3.8, 4) is 0 Å². The highest BCUT2D eigenvalue weighted by Gasteiger charge is 2.27. The van der Waals surface area contributed by atoms with E-state index in [1.165, 1.54) is 16.9 Å². The molecule has 28 heavy (non-hydrogen) atoms. The van der Waals surface area contributed by atoms with E-state index in [9.17, 15) is 9.59 Å². The molecule has 0 bridgehead atoms. The summed E-state index contributed by atoms with van der Waals surface area (Å²) < 4.78 is 5.14. The van der Waals surface area contributed by atoms with E-state index in [2.05, 4.69) is 20.4 Å². The number of aryl methyl sites for hydroxylation is 1. The Labute approximate surface area is 169 Å². The fourth-order valence-corrected chi connectivity index (χ4v) is 4.01. The Morgan fingerprint density at radius 2 is 2.07 bits per heavy atom. The second-order valence-corrected chi connectivity index (χ2v) is 8.06. The number of carbonyl (C=O) groups is 2. The summed E-state index contributed by atoms with van der Waals surface area (Å²) in [7, 11) is 0. The third-order valence-electron chi connectivity index (χ3n) is 4.72. The maximum atomic E-state index is 12.3. The van der Waals surface area contributed by atoms with Crippen LogP contribution in [0, 0.1) is 12.8 Å². The highest BCUT2D eigenvalue weighted by Crippen LogP contribution is 2.21. The molecule has 1 fully saturated rings. The van der Waals surface area contributed by atoms with Gasteiger partial charge in [-0.2, -0.15) is 0 Å². The molecule has 1 aromatic carbocycles. The summed E-state index contributed by atoms with van der Waals surface area (Å²) in [6.45, 7) is 6.89. The maximum absolute atomic E-state index is 12.3. The van der Waals surface area contributed by atoms with Crippen molar-refractivity contribution in [3.63, 3.8) is 0 Å². The first-order valence-corrected chi connectivity index (χ1v) is 10.4. The van der Waals surface area contributed by atoms with Gasteiger partial charge in [0.1, 0.15) is 5.01 Å². The molecule has 1 aliphatic heterocycles. The molecule has 150 valence electrons. The van der Waals surface area contributed by atoms with Gasteiger partial charge in [0, 0.05) is 13.1 Å². The number of rotatable bonds is 7. The second-order valence-electron chi connectivity index (χ2n) is 7.00. The van der Waals surface area contributed by atoms with Crippen molar-refractivity contribution in [1.82, 2.24) is 20.4 Å². The zero-order chi connectivity index (χ0) is 19.9. The molecule has 1 N–H and O–H groups in total. The van der Waals surface area contributed by atoms with E-state index in [0.717, 1.165) is 30.0 Å². The summed E-state index contributed by atoms with van der Waals surface area (Å²) in [5.41, 5.74) is 2.23. The molecule has 1 aromatic heterocycles. The topological polar surface area (TPSA) is 84.4 Å². The van der Waals surface area contributed by atoms with E-state index in [1.807, 2.05) is 38.1 Å². The molecule has 3 rings (SSSR count). The summed E-state index contributed by atoms with van der Waals surface area (Å²) >= 11 is 1.30. The van der Waals surface area contributed by atoms with Gasteiger partial charge in [0.2, 0.25) is 5.01 Å². The van der Waals surface area contributed by atoms with Crippen LogP contribution in [0.1, 0.15) is 45.7 Å². The Morgan fingerprint density at radius 1 is 1.29 bits per heavy atom. The summed E-state index contributed by atoms with van der Waals surface area (Å²) in [5.74, 6) is -0.424. The van der Waals surface area contributed by atoms with Gasteiger partial charge in [-0.3, -0.25) is 14.5 Å². The van der Waals surface area contributed by atoms with Crippen molar-refractivity contribution >= 4 is 23.2 Å². The Bertz CT molecular complexity index is 806. The zero-order valence-corrected chi connectivity index (χ0v) is 17.1. The van der Waals surface area contributed by atoms with Gasteiger partial charge in [0.15, 0.2) is 0 Å². The van der Waals surface area contributed by atoms with E-state index in [0.29, 0.717) is 31.2 Å². The molecule has 1 aliphatic rings. The Hall–Kier alpha value is -2.32. The predicted molar refractivity (Wildman–Crippen MR) is 107 cm³/mol. The lowest BCUT2D eigenvalue weighted by Gasteiger charge is -2.30. The molecule has 8 heteroatoms. The van der Waals surface area contributed by atoms with Gasteiger partial charge >= 0.3 is 5.97 Å². The van der Waals surface area contributed by atoms with Crippen LogP contribution in [0.4, 0.5) is 0 Å². The van der Waals surface area contributed by atoms with Crippen LogP contribution in [0.5, 0.6) is 0 Å².